The molecule has 2 atom stereocenters. The van der Waals surface area contributed by atoms with Gasteiger partial charge in [-0.05, 0) is 89.3 Å². The minimum absolute atomic E-state index is 0.0243. The highest BCUT2D eigenvalue weighted by Gasteiger charge is 2.14. The lowest BCUT2D eigenvalue weighted by Crippen LogP contribution is -2.27. The standard InChI is InChI=1S/C51H101NO4/c1-6-11-15-19-23-31-39-48(37-29-17-13-8-3)46-55-50(53)41-33-25-21-27-35-44-52(43-10-5)45-36-28-22-26-34-42-51(54)56-47-49(38-30-18-14-9-4)40-32-24-20-16-12-7-2/h48-49H,6-47H2,1-5H3. The molecule has 334 valence electrons. The van der Waals surface area contributed by atoms with E-state index in [1.54, 1.807) is 0 Å². The van der Waals surface area contributed by atoms with Crippen LogP contribution < -0.4 is 0 Å². The molecule has 0 aliphatic heterocycles. The zero-order chi connectivity index (χ0) is 41.0. The van der Waals surface area contributed by atoms with Crippen molar-refractivity contribution in [1.29, 1.82) is 0 Å². The van der Waals surface area contributed by atoms with Crippen molar-refractivity contribution in [3.8, 4) is 0 Å². The fourth-order valence-corrected chi connectivity index (χ4v) is 8.26. The maximum absolute atomic E-state index is 12.5. The van der Waals surface area contributed by atoms with Gasteiger partial charge in [-0.2, -0.15) is 0 Å². The van der Waals surface area contributed by atoms with E-state index in [-0.39, 0.29) is 11.9 Å². The molecule has 0 saturated carbocycles. The summed E-state index contributed by atoms with van der Waals surface area (Å²) in [5.41, 5.74) is 0. The minimum atomic E-state index is 0.0243. The number of carbonyl (C=O) groups is 2. The highest BCUT2D eigenvalue weighted by Crippen LogP contribution is 2.22. The van der Waals surface area contributed by atoms with Crippen molar-refractivity contribution in [3.63, 3.8) is 0 Å². The summed E-state index contributed by atoms with van der Waals surface area (Å²) in [7, 11) is 0. The molecule has 5 heteroatoms. The molecule has 0 radical (unpaired) electrons. The SMILES string of the molecule is CCCCCCCCC(CCCCCC)COC(=O)CCCCCCCN(CCC)CCCCCCCC(=O)OCC(CCCCCC)CCCCCCCC. The lowest BCUT2D eigenvalue weighted by molar-refractivity contribution is -0.146. The van der Waals surface area contributed by atoms with Crippen molar-refractivity contribution in [2.24, 2.45) is 11.8 Å². The summed E-state index contributed by atoms with van der Waals surface area (Å²) < 4.78 is 11.6. The summed E-state index contributed by atoms with van der Waals surface area (Å²) in [5.74, 6) is 1.15. The Labute approximate surface area is 351 Å². The van der Waals surface area contributed by atoms with E-state index >= 15 is 0 Å². The van der Waals surface area contributed by atoms with Gasteiger partial charge in [0.15, 0.2) is 0 Å². The second-order valence-electron chi connectivity index (χ2n) is 17.8. The van der Waals surface area contributed by atoms with Gasteiger partial charge in [0.05, 0.1) is 13.2 Å². The molecule has 0 aromatic rings. The second-order valence-corrected chi connectivity index (χ2v) is 17.8. The second kappa shape index (κ2) is 45.0. The van der Waals surface area contributed by atoms with Gasteiger partial charge in [0, 0.05) is 12.8 Å². The van der Waals surface area contributed by atoms with E-state index in [4.69, 9.17) is 9.47 Å². The number of hydrogen-bond donors (Lipinski definition) is 0. The first kappa shape index (κ1) is 54.9. The van der Waals surface area contributed by atoms with Gasteiger partial charge in [0.25, 0.3) is 0 Å². The summed E-state index contributed by atoms with van der Waals surface area (Å²) in [5, 5.41) is 0. The van der Waals surface area contributed by atoms with Crippen molar-refractivity contribution in [3.05, 3.63) is 0 Å². The van der Waals surface area contributed by atoms with Gasteiger partial charge in [-0.3, -0.25) is 9.59 Å². The summed E-state index contributed by atoms with van der Waals surface area (Å²) >= 11 is 0. The Morgan fingerprint density at radius 1 is 0.339 bits per heavy atom. The Bertz CT molecular complexity index is 741. The average Bonchev–Trinajstić information content (AvgIpc) is 3.20. The van der Waals surface area contributed by atoms with Gasteiger partial charge in [-0.25, -0.2) is 0 Å². The molecule has 0 N–H and O–H groups in total. The van der Waals surface area contributed by atoms with Crippen LogP contribution in [0.3, 0.4) is 0 Å². The molecule has 0 rings (SSSR count). The van der Waals surface area contributed by atoms with Crippen LogP contribution in [0.5, 0.6) is 0 Å². The molecule has 0 aliphatic rings. The minimum Gasteiger partial charge on any atom is -0.465 e. The van der Waals surface area contributed by atoms with Crippen molar-refractivity contribution in [1.82, 2.24) is 4.90 Å². The maximum Gasteiger partial charge on any atom is 0.305 e. The molecule has 0 aliphatic carbocycles. The van der Waals surface area contributed by atoms with E-state index in [2.05, 4.69) is 39.5 Å². The summed E-state index contributed by atoms with van der Waals surface area (Å²) in [6.07, 6.45) is 45.3. The number of esters is 2. The topological polar surface area (TPSA) is 55.8 Å². The largest absolute Gasteiger partial charge is 0.465 e. The molecule has 0 bridgehead atoms. The average molecular weight is 792 g/mol. The Kier molecular flexibility index (Phi) is 44.1. The van der Waals surface area contributed by atoms with Gasteiger partial charge >= 0.3 is 11.9 Å². The Hall–Kier alpha value is -1.10. The summed E-state index contributed by atoms with van der Waals surface area (Å²) in [4.78, 5) is 27.7. The monoisotopic (exact) mass is 792 g/mol. The molecule has 5 nitrogen and oxygen atoms in total. The molecule has 0 saturated heterocycles. The molecule has 0 amide bonds. The fraction of sp³-hybridized carbons (Fsp3) is 0.961. The van der Waals surface area contributed by atoms with Crippen molar-refractivity contribution >= 4 is 11.9 Å². The molecule has 56 heavy (non-hydrogen) atoms. The van der Waals surface area contributed by atoms with E-state index in [9.17, 15) is 9.59 Å². The van der Waals surface area contributed by atoms with E-state index in [1.165, 1.54) is 219 Å². The fourth-order valence-electron chi connectivity index (χ4n) is 8.26. The number of hydrogen-bond acceptors (Lipinski definition) is 5. The van der Waals surface area contributed by atoms with Crippen molar-refractivity contribution in [2.75, 3.05) is 32.8 Å². The molecular weight excluding hydrogens is 691 g/mol. The Balaban J connectivity index is 4.07. The third kappa shape index (κ3) is 39.7. The Morgan fingerprint density at radius 2 is 0.625 bits per heavy atom. The number of nitrogens with zero attached hydrogens (tertiary/aromatic N) is 1. The molecule has 0 heterocycles. The van der Waals surface area contributed by atoms with Crippen molar-refractivity contribution in [2.45, 2.75) is 272 Å². The van der Waals surface area contributed by atoms with Crippen LogP contribution in [0.1, 0.15) is 272 Å². The number of rotatable bonds is 46. The summed E-state index contributed by atoms with van der Waals surface area (Å²) in [6, 6.07) is 0. The van der Waals surface area contributed by atoms with E-state index in [0.717, 1.165) is 25.7 Å². The number of carbonyl (C=O) groups excluding carboxylic acids is 2. The molecular formula is C51H101NO4. The zero-order valence-corrected chi connectivity index (χ0v) is 38.9. The molecule has 0 fully saturated rings. The van der Waals surface area contributed by atoms with Crippen LogP contribution in [0.2, 0.25) is 0 Å². The smallest absolute Gasteiger partial charge is 0.305 e. The highest BCUT2D eigenvalue weighted by atomic mass is 16.5. The van der Waals surface area contributed by atoms with Crippen LogP contribution in [0.25, 0.3) is 0 Å². The maximum atomic E-state index is 12.5. The van der Waals surface area contributed by atoms with E-state index < -0.39 is 0 Å². The van der Waals surface area contributed by atoms with Crippen LogP contribution in [-0.4, -0.2) is 49.7 Å². The van der Waals surface area contributed by atoms with Gasteiger partial charge in [-0.15, -0.1) is 0 Å². The normalized spacial score (nSPS) is 12.7. The van der Waals surface area contributed by atoms with Crippen LogP contribution in [0.4, 0.5) is 0 Å². The first-order valence-corrected chi connectivity index (χ1v) is 25.5. The highest BCUT2D eigenvalue weighted by molar-refractivity contribution is 5.69. The predicted octanol–water partition coefficient (Wildman–Crippen LogP) is 16.1. The van der Waals surface area contributed by atoms with E-state index in [0.29, 0.717) is 37.9 Å². The van der Waals surface area contributed by atoms with Gasteiger partial charge < -0.3 is 14.4 Å². The van der Waals surface area contributed by atoms with Crippen LogP contribution in [-0.2, 0) is 19.1 Å². The van der Waals surface area contributed by atoms with E-state index in [1.807, 2.05) is 0 Å². The predicted molar refractivity (Wildman–Crippen MR) is 245 cm³/mol. The van der Waals surface area contributed by atoms with Crippen molar-refractivity contribution < 1.29 is 19.1 Å². The van der Waals surface area contributed by atoms with Crippen LogP contribution in [0, 0.1) is 11.8 Å². The molecule has 0 spiro atoms. The molecule has 2 unspecified atom stereocenters. The van der Waals surface area contributed by atoms with Gasteiger partial charge in [-0.1, -0.05) is 202 Å². The van der Waals surface area contributed by atoms with Gasteiger partial charge in [0.1, 0.15) is 0 Å². The van der Waals surface area contributed by atoms with Gasteiger partial charge in [0.2, 0.25) is 0 Å². The lowest BCUT2D eigenvalue weighted by Gasteiger charge is -2.21. The molecule has 0 aromatic heterocycles. The zero-order valence-electron chi connectivity index (χ0n) is 38.9. The third-order valence-corrected chi connectivity index (χ3v) is 12.1. The summed E-state index contributed by atoms with van der Waals surface area (Å²) in [6.45, 7) is 16.2. The Morgan fingerprint density at radius 3 is 0.964 bits per heavy atom. The first-order valence-electron chi connectivity index (χ1n) is 25.5. The third-order valence-electron chi connectivity index (χ3n) is 12.1. The number of unbranched alkanes of at least 4 members (excludes halogenated alkanes) is 24. The lowest BCUT2D eigenvalue weighted by atomic mass is 9.95. The van der Waals surface area contributed by atoms with Crippen LogP contribution in [0.15, 0.2) is 0 Å². The first-order chi connectivity index (χ1) is 27.5. The quantitative estimate of drug-likeness (QED) is 0.0454. The van der Waals surface area contributed by atoms with Crippen LogP contribution >= 0.6 is 0 Å². The number of ether oxygens (including phenoxy) is 2. The molecule has 0 aromatic carbocycles.